The summed E-state index contributed by atoms with van der Waals surface area (Å²) >= 11 is 0. The molecule has 0 saturated carbocycles. The number of amides is 2. The van der Waals surface area contributed by atoms with Gasteiger partial charge >= 0.3 is 6.09 Å². The van der Waals surface area contributed by atoms with Gasteiger partial charge in [-0.1, -0.05) is 13.8 Å². The van der Waals surface area contributed by atoms with Gasteiger partial charge in [-0.3, -0.25) is 4.79 Å². The molecule has 2 atom stereocenters. The van der Waals surface area contributed by atoms with Crippen molar-refractivity contribution in [3.63, 3.8) is 0 Å². The first-order valence-electron chi connectivity index (χ1n) is 8.48. The number of piperidine rings is 1. The number of hydrogen-bond donors (Lipinski definition) is 1. The van der Waals surface area contributed by atoms with E-state index in [1.165, 1.54) is 0 Å². The van der Waals surface area contributed by atoms with Gasteiger partial charge in [-0.05, 0) is 51.9 Å². The zero-order valence-corrected chi connectivity index (χ0v) is 14.5. The molecule has 2 aliphatic rings. The molecule has 0 bridgehead atoms. The molecule has 2 unspecified atom stereocenters. The second-order valence-electron chi connectivity index (χ2n) is 7.82. The lowest BCUT2D eigenvalue weighted by Crippen LogP contribution is -2.68. The van der Waals surface area contributed by atoms with Crippen LogP contribution in [0.15, 0.2) is 0 Å². The summed E-state index contributed by atoms with van der Waals surface area (Å²) in [6.07, 6.45) is 2.53. The van der Waals surface area contributed by atoms with Gasteiger partial charge in [0, 0.05) is 19.1 Å². The highest BCUT2D eigenvalue weighted by Crippen LogP contribution is 2.38. The van der Waals surface area contributed by atoms with Gasteiger partial charge in [0.2, 0.25) is 5.91 Å². The predicted octanol–water partition coefficient (Wildman–Crippen LogP) is 2.79. The smallest absolute Gasteiger partial charge is 0.410 e. The van der Waals surface area contributed by atoms with Crippen LogP contribution < -0.4 is 5.32 Å². The summed E-state index contributed by atoms with van der Waals surface area (Å²) in [6.45, 7) is 11.7. The van der Waals surface area contributed by atoms with Crippen molar-refractivity contribution < 1.29 is 14.3 Å². The average molecular weight is 310 g/mol. The number of carbonyl (C=O) groups is 2. The number of carbonyl (C=O) groups excluding carboxylic acids is 2. The van der Waals surface area contributed by atoms with E-state index in [1.54, 1.807) is 4.90 Å². The predicted molar refractivity (Wildman–Crippen MR) is 85.4 cm³/mol. The van der Waals surface area contributed by atoms with E-state index in [-0.39, 0.29) is 29.6 Å². The number of nitrogens with zero attached hydrogens (tertiary/aromatic N) is 1. The van der Waals surface area contributed by atoms with Crippen molar-refractivity contribution in [1.29, 1.82) is 0 Å². The van der Waals surface area contributed by atoms with E-state index in [4.69, 9.17) is 4.74 Å². The van der Waals surface area contributed by atoms with Crippen LogP contribution in [0, 0.1) is 17.3 Å². The standard InChI is InChI=1S/C17H30N2O3/c1-11(2)10-12(3)22-16(21)19-8-6-13(7-9-19)14-17(4,5)15(20)18-14/h11-14H,6-10H2,1-5H3,(H,18,20). The Morgan fingerprint density at radius 2 is 1.91 bits per heavy atom. The van der Waals surface area contributed by atoms with Crippen LogP contribution in [0.5, 0.6) is 0 Å². The van der Waals surface area contributed by atoms with Crippen molar-refractivity contribution in [1.82, 2.24) is 10.2 Å². The Morgan fingerprint density at radius 3 is 2.36 bits per heavy atom. The van der Waals surface area contributed by atoms with E-state index in [9.17, 15) is 9.59 Å². The van der Waals surface area contributed by atoms with Crippen molar-refractivity contribution in [2.45, 2.75) is 66.0 Å². The molecule has 2 aliphatic heterocycles. The summed E-state index contributed by atoms with van der Waals surface area (Å²) in [6, 6.07) is 0.248. The van der Waals surface area contributed by atoms with Crippen LogP contribution in [0.25, 0.3) is 0 Å². The summed E-state index contributed by atoms with van der Waals surface area (Å²) in [7, 11) is 0. The van der Waals surface area contributed by atoms with Crippen molar-refractivity contribution in [3.05, 3.63) is 0 Å². The lowest BCUT2D eigenvalue weighted by atomic mass is 9.68. The first-order valence-corrected chi connectivity index (χ1v) is 8.48. The Morgan fingerprint density at radius 1 is 1.32 bits per heavy atom. The molecule has 126 valence electrons. The van der Waals surface area contributed by atoms with Gasteiger partial charge < -0.3 is 15.0 Å². The molecule has 2 fully saturated rings. The maximum absolute atomic E-state index is 12.2. The summed E-state index contributed by atoms with van der Waals surface area (Å²) in [4.78, 5) is 25.6. The third-order valence-electron chi connectivity index (χ3n) is 5.02. The summed E-state index contributed by atoms with van der Waals surface area (Å²) in [5.74, 6) is 1.13. The fourth-order valence-corrected chi connectivity index (χ4v) is 3.65. The Kier molecular flexibility index (Phi) is 5.03. The Labute approximate surface area is 133 Å². The van der Waals surface area contributed by atoms with Crippen LogP contribution in [0.2, 0.25) is 0 Å². The molecule has 0 radical (unpaired) electrons. The van der Waals surface area contributed by atoms with Crippen LogP contribution in [-0.2, 0) is 9.53 Å². The molecule has 5 nitrogen and oxygen atoms in total. The fourth-order valence-electron chi connectivity index (χ4n) is 3.65. The average Bonchev–Trinajstić information content (AvgIpc) is 2.43. The topological polar surface area (TPSA) is 58.6 Å². The summed E-state index contributed by atoms with van der Waals surface area (Å²) < 4.78 is 5.51. The van der Waals surface area contributed by atoms with E-state index < -0.39 is 0 Å². The molecule has 2 heterocycles. The molecule has 2 amide bonds. The SMILES string of the molecule is CC(C)CC(C)OC(=O)N1CCC(C2NC(=O)C2(C)C)CC1. The molecular formula is C17H30N2O3. The molecule has 0 aliphatic carbocycles. The van der Waals surface area contributed by atoms with Crippen molar-refractivity contribution in [3.8, 4) is 0 Å². The molecule has 2 rings (SSSR count). The largest absolute Gasteiger partial charge is 0.446 e. The number of ether oxygens (including phenoxy) is 1. The van der Waals surface area contributed by atoms with Crippen LogP contribution in [-0.4, -0.2) is 42.1 Å². The molecule has 0 aromatic carbocycles. The number of rotatable bonds is 4. The molecule has 0 aromatic rings. The number of nitrogens with one attached hydrogen (secondary N) is 1. The highest BCUT2D eigenvalue weighted by Gasteiger charge is 2.51. The quantitative estimate of drug-likeness (QED) is 0.812. The van der Waals surface area contributed by atoms with Crippen molar-refractivity contribution in [2.24, 2.45) is 17.3 Å². The lowest BCUT2D eigenvalue weighted by Gasteiger charge is -2.49. The Hall–Kier alpha value is -1.26. The summed E-state index contributed by atoms with van der Waals surface area (Å²) in [5.41, 5.74) is -0.265. The molecule has 2 saturated heterocycles. The van der Waals surface area contributed by atoms with Crippen LogP contribution in [0.1, 0.15) is 53.9 Å². The minimum Gasteiger partial charge on any atom is -0.446 e. The second-order valence-corrected chi connectivity index (χ2v) is 7.82. The molecule has 22 heavy (non-hydrogen) atoms. The molecular weight excluding hydrogens is 280 g/mol. The molecule has 1 N–H and O–H groups in total. The van der Waals surface area contributed by atoms with Crippen LogP contribution >= 0.6 is 0 Å². The normalized spacial score (nSPS) is 26.4. The third kappa shape index (κ3) is 3.55. The number of β-lactam (4-membered cyclic amide) rings is 1. The summed E-state index contributed by atoms with van der Waals surface area (Å²) in [5, 5.41) is 3.03. The maximum Gasteiger partial charge on any atom is 0.410 e. The first-order chi connectivity index (χ1) is 10.2. The first kappa shape index (κ1) is 17.1. The Balaban J connectivity index is 1.77. The molecule has 5 heteroatoms. The molecule has 0 aromatic heterocycles. The lowest BCUT2D eigenvalue weighted by molar-refractivity contribution is -0.146. The zero-order chi connectivity index (χ0) is 16.5. The minimum absolute atomic E-state index is 0.0323. The van der Waals surface area contributed by atoms with Crippen molar-refractivity contribution in [2.75, 3.05) is 13.1 Å². The van der Waals surface area contributed by atoms with E-state index in [1.807, 2.05) is 20.8 Å². The zero-order valence-electron chi connectivity index (χ0n) is 14.5. The van der Waals surface area contributed by atoms with Gasteiger partial charge in [0.25, 0.3) is 0 Å². The second kappa shape index (κ2) is 6.47. The van der Waals surface area contributed by atoms with Gasteiger partial charge in [0.1, 0.15) is 6.10 Å². The highest BCUT2D eigenvalue weighted by molar-refractivity contribution is 5.89. The van der Waals surface area contributed by atoms with Gasteiger partial charge in [-0.15, -0.1) is 0 Å². The van der Waals surface area contributed by atoms with Gasteiger partial charge in [0.05, 0.1) is 5.41 Å². The maximum atomic E-state index is 12.2. The molecule has 0 spiro atoms. The Bertz CT molecular complexity index is 426. The fraction of sp³-hybridized carbons (Fsp3) is 0.882. The highest BCUT2D eigenvalue weighted by atomic mass is 16.6. The van der Waals surface area contributed by atoms with E-state index >= 15 is 0 Å². The number of likely N-dealkylation sites (tertiary alicyclic amines) is 1. The minimum atomic E-state index is -0.265. The van der Waals surface area contributed by atoms with Gasteiger partial charge in [-0.2, -0.15) is 0 Å². The third-order valence-corrected chi connectivity index (χ3v) is 5.02. The van der Waals surface area contributed by atoms with Crippen molar-refractivity contribution >= 4 is 12.0 Å². The van der Waals surface area contributed by atoms with E-state index in [2.05, 4.69) is 19.2 Å². The van der Waals surface area contributed by atoms with E-state index in [0.29, 0.717) is 11.8 Å². The van der Waals surface area contributed by atoms with Gasteiger partial charge in [0.15, 0.2) is 0 Å². The van der Waals surface area contributed by atoms with E-state index in [0.717, 1.165) is 32.4 Å². The monoisotopic (exact) mass is 310 g/mol. The van der Waals surface area contributed by atoms with Gasteiger partial charge in [-0.25, -0.2) is 4.79 Å². The van der Waals surface area contributed by atoms with Crippen LogP contribution in [0.4, 0.5) is 4.79 Å². The van der Waals surface area contributed by atoms with Crippen LogP contribution in [0.3, 0.4) is 0 Å². The number of hydrogen-bond acceptors (Lipinski definition) is 3.